The van der Waals surface area contributed by atoms with Crippen molar-refractivity contribution in [3.05, 3.63) is 44.4 Å². The molecule has 0 aliphatic heterocycles. The Morgan fingerprint density at radius 1 is 1.19 bits per heavy atom. The van der Waals surface area contributed by atoms with Crippen LogP contribution in [-0.4, -0.2) is 36.4 Å². The van der Waals surface area contributed by atoms with Crippen LogP contribution in [0.25, 0.3) is 21.3 Å². The van der Waals surface area contributed by atoms with Crippen LogP contribution in [0.4, 0.5) is 14.5 Å². The van der Waals surface area contributed by atoms with E-state index in [1.54, 1.807) is 22.5 Å². The van der Waals surface area contributed by atoms with Gasteiger partial charge in [0.1, 0.15) is 15.4 Å². The Bertz CT molecular complexity index is 1490. The van der Waals surface area contributed by atoms with Crippen molar-refractivity contribution in [1.29, 1.82) is 0 Å². The molecule has 0 bridgehead atoms. The second-order valence-corrected chi connectivity index (χ2v) is 10.0. The van der Waals surface area contributed by atoms with Crippen molar-refractivity contribution in [3.8, 4) is 11.1 Å². The van der Waals surface area contributed by atoms with Gasteiger partial charge in [0.15, 0.2) is 0 Å². The Kier molecular flexibility index (Phi) is 7.23. The number of fused-ring (bicyclic) bond motifs is 1. The molecule has 36 heavy (non-hydrogen) atoms. The molecule has 0 aromatic carbocycles. The van der Waals surface area contributed by atoms with E-state index in [9.17, 15) is 18.4 Å². The molecule has 2 amide bonds. The lowest BCUT2D eigenvalue weighted by molar-refractivity contribution is -0.116. The molecule has 190 valence electrons. The number of alkyl halides is 2. The average Bonchev–Trinajstić information content (AvgIpc) is 3.47. The minimum Gasteiger partial charge on any atom is -0.365 e. The van der Waals surface area contributed by atoms with Crippen molar-refractivity contribution < 1.29 is 18.4 Å². The molecule has 0 unspecified atom stereocenters. The minimum atomic E-state index is -2.83. The standard InChI is InChI=1S/C23H24BrF2N7O2S/c1-5-32-9-14(10(2)30-32)13-8-15(21(25)26)28-23-17(13)19(20(36-23)22(27)35)29-16(34)6-7-33-12(4)18(24)11(3)31-33/h8-9,21H,5-7H2,1-4H3,(H2,27,35)(H,29,34). The van der Waals surface area contributed by atoms with Gasteiger partial charge in [-0.15, -0.1) is 11.3 Å². The number of nitrogens with zero attached hydrogens (tertiary/aromatic N) is 5. The molecule has 4 heterocycles. The number of thiophene rings is 1. The van der Waals surface area contributed by atoms with Crippen LogP contribution in [0.15, 0.2) is 16.7 Å². The lowest BCUT2D eigenvalue weighted by Gasteiger charge is -2.11. The molecule has 0 saturated heterocycles. The van der Waals surface area contributed by atoms with Crippen molar-refractivity contribution in [1.82, 2.24) is 24.5 Å². The number of hydrogen-bond acceptors (Lipinski definition) is 6. The fourth-order valence-electron chi connectivity index (χ4n) is 3.98. The van der Waals surface area contributed by atoms with E-state index in [2.05, 4.69) is 36.4 Å². The number of carbonyl (C=O) groups excluding carboxylic acids is 2. The third kappa shape index (κ3) is 4.76. The number of pyridine rings is 1. The van der Waals surface area contributed by atoms with Crippen molar-refractivity contribution in [2.24, 2.45) is 5.73 Å². The van der Waals surface area contributed by atoms with Gasteiger partial charge in [0.05, 0.1) is 28.1 Å². The molecule has 0 aliphatic carbocycles. The van der Waals surface area contributed by atoms with Gasteiger partial charge in [-0.2, -0.15) is 10.2 Å². The molecule has 0 fully saturated rings. The highest BCUT2D eigenvalue weighted by Gasteiger charge is 2.26. The van der Waals surface area contributed by atoms with Crippen LogP contribution in [0.5, 0.6) is 0 Å². The number of halogens is 3. The smallest absolute Gasteiger partial charge is 0.280 e. The lowest BCUT2D eigenvalue weighted by atomic mass is 10.0. The molecule has 4 rings (SSSR count). The van der Waals surface area contributed by atoms with Crippen molar-refractivity contribution >= 4 is 55.0 Å². The third-order valence-corrected chi connectivity index (χ3v) is 8.04. The first-order valence-corrected chi connectivity index (χ1v) is 12.7. The number of nitrogens with one attached hydrogen (secondary N) is 1. The Balaban J connectivity index is 1.80. The van der Waals surface area contributed by atoms with Gasteiger partial charge in [-0.05, 0) is 55.3 Å². The molecular formula is C23H24BrF2N7O2S. The fraction of sp³-hybridized carbons (Fsp3) is 0.348. The van der Waals surface area contributed by atoms with Crippen LogP contribution in [0.3, 0.4) is 0 Å². The maximum Gasteiger partial charge on any atom is 0.280 e. The molecule has 0 spiro atoms. The van der Waals surface area contributed by atoms with Crippen molar-refractivity contribution in [3.63, 3.8) is 0 Å². The molecule has 4 aromatic rings. The van der Waals surface area contributed by atoms with Crippen molar-refractivity contribution in [2.45, 2.75) is 53.6 Å². The van der Waals surface area contributed by atoms with E-state index < -0.39 is 18.0 Å². The minimum absolute atomic E-state index is 0.0351. The molecule has 9 nitrogen and oxygen atoms in total. The van der Waals surface area contributed by atoms with Gasteiger partial charge in [0, 0.05) is 35.8 Å². The zero-order valence-electron chi connectivity index (χ0n) is 20.0. The van der Waals surface area contributed by atoms with Gasteiger partial charge in [-0.25, -0.2) is 13.8 Å². The summed E-state index contributed by atoms with van der Waals surface area (Å²) in [6, 6.07) is 1.28. The molecule has 0 aliphatic rings. The quantitative estimate of drug-likeness (QED) is 0.300. The summed E-state index contributed by atoms with van der Waals surface area (Å²) in [5.74, 6) is -1.17. The van der Waals surface area contributed by atoms with Crippen LogP contribution < -0.4 is 11.1 Å². The average molecular weight is 580 g/mol. The van der Waals surface area contributed by atoms with Crippen LogP contribution in [-0.2, 0) is 17.9 Å². The van der Waals surface area contributed by atoms with E-state index in [1.807, 2.05) is 20.8 Å². The van der Waals surface area contributed by atoms with Gasteiger partial charge in [0.25, 0.3) is 12.3 Å². The Morgan fingerprint density at radius 2 is 1.92 bits per heavy atom. The number of primary amides is 1. The first-order valence-electron chi connectivity index (χ1n) is 11.1. The highest BCUT2D eigenvalue weighted by molar-refractivity contribution is 9.10. The van der Waals surface area contributed by atoms with Gasteiger partial charge in [-0.3, -0.25) is 19.0 Å². The molecule has 13 heteroatoms. The number of aromatic nitrogens is 5. The Morgan fingerprint density at radius 3 is 2.47 bits per heavy atom. The summed E-state index contributed by atoms with van der Waals surface area (Å²) in [6.07, 6.45) is -1.02. The first kappa shape index (κ1) is 25.9. The van der Waals surface area contributed by atoms with Crippen LogP contribution in [0.1, 0.15) is 52.2 Å². The number of anilines is 1. The fourth-order valence-corrected chi connectivity index (χ4v) is 5.28. The predicted molar refractivity (Wildman–Crippen MR) is 137 cm³/mol. The normalized spacial score (nSPS) is 11.6. The number of rotatable bonds is 8. The molecule has 3 N–H and O–H groups in total. The number of carbonyl (C=O) groups is 2. The monoisotopic (exact) mass is 579 g/mol. The molecule has 0 saturated carbocycles. The maximum absolute atomic E-state index is 13.7. The summed E-state index contributed by atoms with van der Waals surface area (Å²) >= 11 is 4.34. The highest BCUT2D eigenvalue weighted by Crippen LogP contribution is 2.43. The zero-order chi connectivity index (χ0) is 26.3. The summed E-state index contributed by atoms with van der Waals surface area (Å²) in [7, 11) is 0. The number of hydrogen-bond donors (Lipinski definition) is 2. The Labute approximate surface area is 217 Å². The largest absolute Gasteiger partial charge is 0.365 e. The molecule has 0 radical (unpaired) electrons. The van der Waals surface area contributed by atoms with Crippen LogP contribution in [0, 0.1) is 20.8 Å². The Hall–Kier alpha value is -3.19. The van der Waals surface area contributed by atoms with Gasteiger partial charge in [-0.1, -0.05) is 0 Å². The van der Waals surface area contributed by atoms with E-state index in [1.165, 1.54) is 6.07 Å². The van der Waals surface area contributed by atoms with Crippen molar-refractivity contribution in [2.75, 3.05) is 5.32 Å². The van der Waals surface area contributed by atoms with Crippen LogP contribution in [0.2, 0.25) is 0 Å². The van der Waals surface area contributed by atoms with Gasteiger partial charge in [0.2, 0.25) is 5.91 Å². The SMILES string of the molecule is CCn1cc(-c2cc(C(F)F)nc3sc(C(N)=O)c(NC(=O)CCn4nc(C)c(Br)c4C)c23)c(C)n1. The maximum atomic E-state index is 13.7. The molecular weight excluding hydrogens is 556 g/mol. The van der Waals surface area contributed by atoms with E-state index in [0.29, 0.717) is 35.3 Å². The summed E-state index contributed by atoms with van der Waals surface area (Å²) in [5, 5.41) is 12.0. The molecule has 0 atom stereocenters. The second-order valence-electron chi connectivity index (χ2n) is 8.24. The van der Waals surface area contributed by atoms with E-state index in [4.69, 9.17) is 5.73 Å². The summed E-state index contributed by atoms with van der Waals surface area (Å²) in [6.45, 7) is 8.31. The molecule has 4 aromatic heterocycles. The summed E-state index contributed by atoms with van der Waals surface area (Å²) in [4.78, 5) is 29.6. The van der Waals surface area contributed by atoms with Gasteiger partial charge >= 0.3 is 0 Å². The number of amides is 2. The highest BCUT2D eigenvalue weighted by atomic mass is 79.9. The topological polar surface area (TPSA) is 121 Å². The number of nitrogens with two attached hydrogens (primary N) is 1. The zero-order valence-corrected chi connectivity index (χ0v) is 22.4. The summed E-state index contributed by atoms with van der Waals surface area (Å²) < 4.78 is 31.7. The summed E-state index contributed by atoms with van der Waals surface area (Å²) in [5.41, 5.74) is 8.63. The van der Waals surface area contributed by atoms with E-state index >= 15 is 0 Å². The first-order chi connectivity index (χ1) is 17.0. The predicted octanol–water partition coefficient (Wildman–Crippen LogP) is 5.13. The van der Waals surface area contributed by atoms with Crippen LogP contribution >= 0.6 is 27.3 Å². The lowest BCUT2D eigenvalue weighted by Crippen LogP contribution is -2.18. The van der Waals surface area contributed by atoms with Gasteiger partial charge < -0.3 is 11.1 Å². The van der Waals surface area contributed by atoms with E-state index in [-0.39, 0.29) is 27.7 Å². The van der Waals surface area contributed by atoms with E-state index in [0.717, 1.165) is 27.2 Å². The second kappa shape index (κ2) is 10.1. The number of aryl methyl sites for hydroxylation is 4. The third-order valence-electron chi connectivity index (χ3n) is 5.80.